The summed E-state index contributed by atoms with van der Waals surface area (Å²) in [4.78, 5) is 12.6. The molecule has 2 aromatic rings. The van der Waals surface area contributed by atoms with E-state index >= 15 is 0 Å². The topological polar surface area (TPSA) is 70.6 Å². The molecule has 5 nitrogen and oxygen atoms in total. The molecule has 5 heteroatoms. The number of nitrogens with one attached hydrogen (secondary N) is 2. The van der Waals surface area contributed by atoms with Gasteiger partial charge in [-0.05, 0) is 89.1 Å². The fourth-order valence-corrected chi connectivity index (χ4v) is 4.02. The first-order valence-electron chi connectivity index (χ1n) is 9.29. The molecule has 0 aliphatic carbocycles. The average Bonchev–Trinajstić information content (AvgIpc) is 2.54. The summed E-state index contributed by atoms with van der Waals surface area (Å²) in [6.45, 7) is 8.68. The van der Waals surface area contributed by atoms with Crippen LogP contribution in [0.4, 0.5) is 0 Å². The van der Waals surface area contributed by atoms with Crippen LogP contribution in [0.3, 0.4) is 0 Å². The molecule has 0 unspecified atom stereocenters. The quantitative estimate of drug-likeness (QED) is 0.755. The molecule has 1 heterocycles. The van der Waals surface area contributed by atoms with Crippen LogP contribution in [0.2, 0.25) is 0 Å². The fraction of sp³-hybridized carbons (Fsp3) is 0.409. The lowest BCUT2D eigenvalue weighted by atomic mass is 9.79. The normalized spacial score (nSPS) is 18.7. The zero-order chi connectivity index (χ0) is 19.7. The number of hydrogen-bond donors (Lipinski definition) is 3. The van der Waals surface area contributed by atoms with Crippen molar-refractivity contribution in [1.82, 2.24) is 10.6 Å². The van der Waals surface area contributed by atoms with Gasteiger partial charge >= 0.3 is 0 Å². The van der Waals surface area contributed by atoms with Crippen molar-refractivity contribution in [3.05, 3.63) is 54.1 Å². The van der Waals surface area contributed by atoms with Crippen LogP contribution in [0.15, 0.2) is 48.5 Å². The Kier molecular flexibility index (Phi) is 5.16. The second-order valence-corrected chi connectivity index (χ2v) is 8.59. The second-order valence-electron chi connectivity index (χ2n) is 8.59. The summed E-state index contributed by atoms with van der Waals surface area (Å²) in [5.74, 6) is 1.40. The minimum Gasteiger partial charge on any atom is -0.508 e. The van der Waals surface area contributed by atoms with E-state index in [-0.39, 0.29) is 28.8 Å². The Morgan fingerprint density at radius 1 is 0.963 bits per heavy atom. The lowest BCUT2D eigenvalue weighted by Gasteiger charge is -2.46. The number of piperidine rings is 1. The molecule has 0 radical (unpaired) electrons. The Hall–Kier alpha value is -2.53. The van der Waals surface area contributed by atoms with Gasteiger partial charge in [-0.1, -0.05) is 0 Å². The maximum atomic E-state index is 12.6. The van der Waals surface area contributed by atoms with Crippen molar-refractivity contribution in [2.75, 3.05) is 0 Å². The number of ether oxygens (including phenoxy) is 1. The minimum atomic E-state index is -0.0651. The standard InChI is InChI=1S/C22H28N2O3/c1-21(2)13-16(14-22(3,4)24-21)23-20(26)15-5-9-18(10-6-15)27-19-11-7-17(25)8-12-19/h5-12,16,24-25H,13-14H2,1-4H3,(H,23,26). The van der Waals surface area contributed by atoms with Crippen LogP contribution in [0.1, 0.15) is 50.9 Å². The van der Waals surface area contributed by atoms with Gasteiger partial charge in [-0.25, -0.2) is 0 Å². The monoisotopic (exact) mass is 368 g/mol. The molecule has 3 rings (SSSR count). The van der Waals surface area contributed by atoms with Gasteiger partial charge < -0.3 is 20.5 Å². The maximum Gasteiger partial charge on any atom is 0.251 e. The number of carbonyl (C=O) groups excluding carboxylic acids is 1. The Balaban J connectivity index is 1.63. The van der Waals surface area contributed by atoms with Gasteiger partial charge in [0.05, 0.1) is 0 Å². The third-order valence-corrected chi connectivity index (χ3v) is 4.71. The minimum absolute atomic E-state index is 0.0124. The van der Waals surface area contributed by atoms with Crippen molar-refractivity contribution in [2.45, 2.75) is 57.7 Å². The zero-order valence-corrected chi connectivity index (χ0v) is 16.4. The van der Waals surface area contributed by atoms with E-state index in [1.165, 1.54) is 0 Å². The van der Waals surface area contributed by atoms with E-state index in [1.807, 2.05) is 0 Å². The molecule has 0 spiro atoms. The van der Waals surface area contributed by atoms with E-state index in [1.54, 1.807) is 48.5 Å². The molecule has 27 heavy (non-hydrogen) atoms. The highest BCUT2D eigenvalue weighted by Crippen LogP contribution is 2.29. The maximum absolute atomic E-state index is 12.6. The van der Waals surface area contributed by atoms with Crippen LogP contribution in [0.5, 0.6) is 17.2 Å². The van der Waals surface area contributed by atoms with Gasteiger partial charge in [-0.3, -0.25) is 4.79 Å². The fourth-order valence-electron chi connectivity index (χ4n) is 4.02. The first-order chi connectivity index (χ1) is 12.6. The number of amides is 1. The molecule has 144 valence electrons. The predicted molar refractivity (Wildman–Crippen MR) is 106 cm³/mol. The van der Waals surface area contributed by atoms with Crippen molar-refractivity contribution < 1.29 is 14.6 Å². The van der Waals surface area contributed by atoms with Crippen molar-refractivity contribution in [3.63, 3.8) is 0 Å². The van der Waals surface area contributed by atoms with Gasteiger partial charge in [0.2, 0.25) is 0 Å². The van der Waals surface area contributed by atoms with Crippen molar-refractivity contribution in [2.24, 2.45) is 0 Å². The molecule has 1 aliphatic heterocycles. The highest BCUT2D eigenvalue weighted by atomic mass is 16.5. The zero-order valence-electron chi connectivity index (χ0n) is 16.4. The summed E-state index contributed by atoms with van der Waals surface area (Å²) in [6, 6.07) is 13.7. The number of phenols is 1. The van der Waals surface area contributed by atoms with Crippen molar-refractivity contribution in [1.29, 1.82) is 0 Å². The van der Waals surface area contributed by atoms with E-state index in [4.69, 9.17) is 4.74 Å². The van der Waals surface area contributed by atoms with E-state index in [9.17, 15) is 9.90 Å². The average molecular weight is 368 g/mol. The largest absolute Gasteiger partial charge is 0.508 e. The van der Waals surface area contributed by atoms with E-state index < -0.39 is 0 Å². The molecule has 2 aromatic carbocycles. The molecule has 0 atom stereocenters. The number of hydrogen-bond acceptors (Lipinski definition) is 4. The molecule has 1 amide bonds. The first kappa shape index (κ1) is 19.2. The Morgan fingerprint density at radius 3 is 1.96 bits per heavy atom. The third-order valence-electron chi connectivity index (χ3n) is 4.71. The van der Waals surface area contributed by atoms with Gasteiger partial charge in [0.1, 0.15) is 17.2 Å². The molecule has 3 N–H and O–H groups in total. The summed E-state index contributed by atoms with van der Waals surface area (Å²) in [5.41, 5.74) is 0.588. The van der Waals surface area contributed by atoms with Crippen LogP contribution < -0.4 is 15.4 Å². The van der Waals surface area contributed by atoms with E-state index in [2.05, 4.69) is 38.3 Å². The Bertz CT molecular complexity index is 779. The third kappa shape index (κ3) is 5.23. The van der Waals surface area contributed by atoms with E-state index in [0.717, 1.165) is 12.8 Å². The van der Waals surface area contributed by atoms with Gasteiger partial charge in [0, 0.05) is 22.7 Å². The number of rotatable bonds is 4. The van der Waals surface area contributed by atoms with E-state index in [0.29, 0.717) is 17.1 Å². The molecule has 0 saturated carbocycles. The van der Waals surface area contributed by atoms with Crippen molar-refractivity contribution >= 4 is 5.91 Å². The molecule has 1 fully saturated rings. The van der Waals surface area contributed by atoms with Gasteiger partial charge in [0.25, 0.3) is 5.91 Å². The Morgan fingerprint density at radius 2 is 1.44 bits per heavy atom. The lowest BCUT2D eigenvalue weighted by Crippen LogP contribution is -2.62. The number of aromatic hydroxyl groups is 1. The number of carbonyl (C=O) groups is 1. The summed E-state index contributed by atoms with van der Waals surface area (Å²) >= 11 is 0. The summed E-state index contributed by atoms with van der Waals surface area (Å²) < 4.78 is 5.72. The molecule has 0 bridgehead atoms. The first-order valence-corrected chi connectivity index (χ1v) is 9.29. The summed E-state index contributed by atoms with van der Waals surface area (Å²) in [7, 11) is 0. The molecular formula is C22H28N2O3. The van der Waals surface area contributed by atoms with Gasteiger partial charge in [-0.2, -0.15) is 0 Å². The van der Waals surface area contributed by atoms with Crippen LogP contribution in [0.25, 0.3) is 0 Å². The lowest BCUT2D eigenvalue weighted by molar-refractivity contribution is 0.0873. The SMILES string of the molecule is CC1(C)CC(NC(=O)c2ccc(Oc3ccc(O)cc3)cc2)CC(C)(C)N1. The van der Waals surface area contributed by atoms with Crippen LogP contribution in [-0.4, -0.2) is 28.1 Å². The van der Waals surface area contributed by atoms with Gasteiger partial charge in [-0.15, -0.1) is 0 Å². The summed E-state index contributed by atoms with van der Waals surface area (Å²) in [5, 5.41) is 16.1. The Labute approximate surface area is 160 Å². The van der Waals surface area contributed by atoms with Crippen LogP contribution >= 0.6 is 0 Å². The van der Waals surface area contributed by atoms with Crippen LogP contribution in [-0.2, 0) is 0 Å². The number of phenolic OH excluding ortho intramolecular Hbond substituents is 1. The second kappa shape index (κ2) is 7.24. The molecule has 1 aliphatic rings. The smallest absolute Gasteiger partial charge is 0.251 e. The highest BCUT2D eigenvalue weighted by Gasteiger charge is 2.38. The van der Waals surface area contributed by atoms with Crippen LogP contribution in [0, 0.1) is 0 Å². The van der Waals surface area contributed by atoms with Crippen molar-refractivity contribution in [3.8, 4) is 17.2 Å². The molecule has 0 aromatic heterocycles. The molecule has 1 saturated heterocycles. The number of benzene rings is 2. The highest BCUT2D eigenvalue weighted by molar-refractivity contribution is 5.94. The summed E-state index contributed by atoms with van der Waals surface area (Å²) in [6.07, 6.45) is 1.79. The van der Waals surface area contributed by atoms with Gasteiger partial charge in [0.15, 0.2) is 0 Å². The predicted octanol–water partition coefficient (Wildman–Crippen LogP) is 4.22. The molecular weight excluding hydrogens is 340 g/mol.